The van der Waals surface area contributed by atoms with Crippen LogP contribution in [-0.2, 0) is 4.79 Å². The molecule has 2 rings (SSSR count). The molecule has 1 unspecified atom stereocenters. The van der Waals surface area contributed by atoms with Crippen LogP contribution in [0, 0.1) is 0 Å². The Kier molecular flexibility index (Phi) is 5.49. The Morgan fingerprint density at radius 3 is 2.39 bits per heavy atom. The SMILES string of the molecule is CC(NC(=O)/C=C(/c1ccccc1)C(F)(F)F)c1ccc(Cl)s1. The maximum absolute atomic E-state index is 13.2. The Balaban J connectivity index is 2.20. The Morgan fingerprint density at radius 1 is 1.22 bits per heavy atom. The van der Waals surface area contributed by atoms with Crippen molar-refractivity contribution < 1.29 is 18.0 Å². The lowest BCUT2D eigenvalue weighted by molar-refractivity contribution is -0.117. The van der Waals surface area contributed by atoms with Crippen LogP contribution in [0.5, 0.6) is 0 Å². The Labute approximate surface area is 140 Å². The van der Waals surface area contributed by atoms with Crippen molar-refractivity contribution in [3.8, 4) is 0 Å². The normalized spacial score (nSPS) is 13.7. The van der Waals surface area contributed by atoms with E-state index in [-0.39, 0.29) is 5.56 Å². The van der Waals surface area contributed by atoms with E-state index in [1.165, 1.54) is 35.6 Å². The van der Waals surface area contributed by atoms with Crippen LogP contribution < -0.4 is 5.32 Å². The van der Waals surface area contributed by atoms with Gasteiger partial charge in [-0.3, -0.25) is 4.79 Å². The zero-order valence-corrected chi connectivity index (χ0v) is 13.6. The third-order valence-corrected chi connectivity index (χ3v) is 4.46. The maximum atomic E-state index is 13.2. The molecule has 1 aromatic heterocycles. The van der Waals surface area contributed by atoms with E-state index >= 15 is 0 Å². The van der Waals surface area contributed by atoms with Gasteiger partial charge in [-0.05, 0) is 24.6 Å². The van der Waals surface area contributed by atoms with Crippen molar-refractivity contribution in [3.05, 3.63) is 63.3 Å². The minimum atomic E-state index is -4.62. The van der Waals surface area contributed by atoms with Crippen molar-refractivity contribution in [2.45, 2.75) is 19.1 Å². The molecule has 7 heteroatoms. The van der Waals surface area contributed by atoms with Crippen LogP contribution in [0.15, 0.2) is 48.5 Å². The van der Waals surface area contributed by atoms with E-state index in [1.54, 1.807) is 25.1 Å². The number of nitrogens with one attached hydrogen (secondary N) is 1. The van der Waals surface area contributed by atoms with Gasteiger partial charge >= 0.3 is 6.18 Å². The summed E-state index contributed by atoms with van der Waals surface area (Å²) in [5.74, 6) is -0.807. The highest BCUT2D eigenvalue weighted by atomic mass is 35.5. The molecule has 1 heterocycles. The monoisotopic (exact) mass is 359 g/mol. The highest BCUT2D eigenvalue weighted by molar-refractivity contribution is 7.16. The first kappa shape index (κ1) is 17.6. The number of hydrogen-bond acceptors (Lipinski definition) is 2. The number of alkyl halides is 3. The van der Waals surface area contributed by atoms with Gasteiger partial charge in [-0.15, -0.1) is 11.3 Å². The summed E-state index contributed by atoms with van der Waals surface area (Å²) in [6.07, 6.45) is -4.03. The lowest BCUT2D eigenvalue weighted by atomic mass is 10.0. The van der Waals surface area contributed by atoms with Crippen LogP contribution in [0.2, 0.25) is 4.34 Å². The van der Waals surface area contributed by atoms with Crippen LogP contribution in [0.4, 0.5) is 13.2 Å². The number of halogens is 4. The molecule has 0 aliphatic rings. The first-order valence-electron chi connectivity index (χ1n) is 6.67. The van der Waals surface area contributed by atoms with E-state index in [2.05, 4.69) is 5.32 Å². The number of rotatable bonds is 4. The number of carbonyl (C=O) groups is 1. The highest BCUT2D eigenvalue weighted by Gasteiger charge is 2.35. The molecule has 0 spiro atoms. The fourth-order valence-corrected chi connectivity index (χ4v) is 3.03. The molecule has 1 N–H and O–H groups in total. The van der Waals surface area contributed by atoms with Crippen LogP contribution >= 0.6 is 22.9 Å². The summed E-state index contributed by atoms with van der Waals surface area (Å²) in [5.41, 5.74) is -1.03. The molecular weight excluding hydrogens is 347 g/mol. The second-order valence-electron chi connectivity index (χ2n) is 4.79. The molecular formula is C16H13ClF3NOS. The number of allylic oxidation sites excluding steroid dienone is 1. The zero-order valence-electron chi connectivity index (χ0n) is 12.0. The Hall–Kier alpha value is -1.79. The molecule has 122 valence electrons. The number of amides is 1. The van der Waals surface area contributed by atoms with E-state index < -0.39 is 23.7 Å². The molecule has 0 saturated heterocycles. The molecule has 1 aromatic carbocycles. The lowest BCUT2D eigenvalue weighted by Crippen LogP contribution is -2.25. The molecule has 0 radical (unpaired) electrons. The summed E-state index contributed by atoms with van der Waals surface area (Å²) in [6.45, 7) is 1.68. The molecule has 0 aliphatic carbocycles. The van der Waals surface area contributed by atoms with E-state index in [4.69, 9.17) is 11.6 Å². The second kappa shape index (κ2) is 7.19. The predicted octanol–water partition coefficient (Wildman–Crippen LogP) is 5.22. The van der Waals surface area contributed by atoms with Crippen LogP contribution in [0.25, 0.3) is 5.57 Å². The van der Waals surface area contributed by atoms with Crippen LogP contribution in [0.3, 0.4) is 0 Å². The number of hydrogen-bond donors (Lipinski definition) is 1. The Bertz CT molecular complexity index is 710. The first-order chi connectivity index (χ1) is 10.8. The number of carbonyl (C=O) groups excluding carboxylic acids is 1. The smallest absolute Gasteiger partial charge is 0.345 e. The van der Waals surface area contributed by atoms with Gasteiger partial charge in [0.1, 0.15) is 0 Å². The average Bonchev–Trinajstić information content (AvgIpc) is 2.91. The van der Waals surface area contributed by atoms with Crippen molar-refractivity contribution >= 4 is 34.4 Å². The van der Waals surface area contributed by atoms with Gasteiger partial charge in [0, 0.05) is 11.0 Å². The third-order valence-electron chi connectivity index (χ3n) is 3.05. The topological polar surface area (TPSA) is 29.1 Å². The van der Waals surface area contributed by atoms with E-state index in [1.807, 2.05) is 0 Å². The predicted molar refractivity (Wildman–Crippen MR) is 86.4 cm³/mol. The molecule has 0 aliphatic heterocycles. The molecule has 2 nitrogen and oxygen atoms in total. The summed E-state index contributed by atoms with van der Waals surface area (Å²) >= 11 is 7.08. The molecule has 0 saturated carbocycles. The van der Waals surface area contributed by atoms with Gasteiger partial charge in [0.15, 0.2) is 0 Å². The molecule has 0 fully saturated rings. The fourth-order valence-electron chi connectivity index (χ4n) is 1.96. The Morgan fingerprint density at radius 2 is 1.87 bits per heavy atom. The number of thiophene rings is 1. The van der Waals surface area contributed by atoms with Gasteiger partial charge in [-0.25, -0.2) is 0 Å². The molecule has 1 amide bonds. The van der Waals surface area contributed by atoms with E-state index in [9.17, 15) is 18.0 Å². The minimum absolute atomic E-state index is 0.0537. The summed E-state index contributed by atoms with van der Waals surface area (Å²) in [4.78, 5) is 12.7. The van der Waals surface area contributed by atoms with Gasteiger partial charge in [0.05, 0.1) is 16.0 Å². The van der Waals surface area contributed by atoms with E-state index in [0.717, 1.165) is 4.88 Å². The molecule has 1 atom stereocenters. The van der Waals surface area contributed by atoms with Crippen molar-refractivity contribution in [3.63, 3.8) is 0 Å². The standard InChI is InChI=1S/C16H13ClF3NOS/c1-10(13-7-8-14(17)23-13)21-15(22)9-12(16(18,19)20)11-5-3-2-4-6-11/h2-10H,1H3,(H,21,22)/b12-9-. The van der Waals surface area contributed by atoms with Crippen LogP contribution in [-0.4, -0.2) is 12.1 Å². The quantitative estimate of drug-likeness (QED) is 0.744. The fraction of sp³-hybridized carbons (Fsp3) is 0.188. The summed E-state index contributed by atoms with van der Waals surface area (Å²) in [6, 6.07) is 10.2. The average molecular weight is 360 g/mol. The summed E-state index contributed by atoms with van der Waals surface area (Å²) in [7, 11) is 0. The number of benzene rings is 1. The molecule has 23 heavy (non-hydrogen) atoms. The lowest BCUT2D eigenvalue weighted by Gasteiger charge is -2.14. The van der Waals surface area contributed by atoms with Crippen LogP contribution in [0.1, 0.15) is 23.4 Å². The molecule has 2 aromatic rings. The zero-order chi connectivity index (χ0) is 17.0. The van der Waals surface area contributed by atoms with Crippen molar-refractivity contribution in [2.75, 3.05) is 0 Å². The van der Waals surface area contributed by atoms with Crippen molar-refractivity contribution in [2.24, 2.45) is 0 Å². The molecule has 0 bridgehead atoms. The minimum Gasteiger partial charge on any atom is -0.345 e. The highest BCUT2D eigenvalue weighted by Crippen LogP contribution is 2.33. The van der Waals surface area contributed by atoms with Gasteiger partial charge in [0.25, 0.3) is 0 Å². The second-order valence-corrected chi connectivity index (χ2v) is 6.54. The largest absolute Gasteiger partial charge is 0.417 e. The first-order valence-corrected chi connectivity index (χ1v) is 7.87. The van der Waals surface area contributed by atoms with Gasteiger partial charge in [-0.2, -0.15) is 13.2 Å². The van der Waals surface area contributed by atoms with Crippen molar-refractivity contribution in [1.82, 2.24) is 5.32 Å². The van der Waals surface area contributed by atoms with Gasteiger partial charge < -0.3 is 5.32 Å². The van der Waals surface area contributed by atoms with Crippen molar-refractivity contribution in [1.29, 1.82) is 0 Å². The van der Waals surface area contributed by atoms with Gasteiger partial charge in [0.2, 0.25) is 5.91 Å². The maximum Gasteiger partial charge on any atom is 0.417 e. The van der Waals surface area contributed by atoms with Gasteiger partial charge in [-0.1, -0.05) is 41.9 Å². The summed E-state index contributed by atoms with van der Waals surface area (Å²) < 4.78 is 40.1. The third kappa shape index (κ3) is 4.84. The van der Waals surface area contributed by atoms with E-state index in [0.29, 0.717) is 10.4 Å². The summed E-state index contributed by atoms with van der Waals surface area (Å²) in [5, 5.41) is 2.52.